The second-order valence-corrected chi connectivity index (χ2v) is 6.16. The van der Waals surface area contributed by atoms with Gasteiger partial charge in [0.2, 0.25) is 0 Å². The van der Waals surface area contributed by atoms with Gasteiger partial charge in [0.05, 0.1) is 7.11 Å². The molecule has 2 aliphatic rings. The highest BCUT2D eigenvalue weighted by molar-refractivity contribution is 5.44. The summed E-state index contributed by atoms with van der Waals surface area (Å²) in [6.07, 6.45) is 4.22. The summed E-state index contributed by atoms with van der Waals surface area (Å²) in [6.45, 7) is 2.22. The Kier molecular flexibility index (Phi) is 3.61. The average Bonchev–Trinajstić information content (AvgIpc) is 2.61. The predicted octanol–water partition coefficient (Wildman–Crippen LogP) is 2.33. The van der Waals surface area contributed by atoms with Gasteiger partial charge in [-0.1, -0.05) is 6.07 Å². The molecule has 2 heterocycles. The van der Waals surface area contributed by atoms with Crippen molar-refractivity contribution in [1.82, 2.24) is 4.90 Å². The minimum atomic E-state index is -0.0937. The molecular formula is C16H24N2O2. The average molecular weight is 276 g/mol. The van der Waals surface area contributed by atoms with Gasteiger partial charge in [0, 0.05) is 30.6 Å². The van der Waals surface area contributed by atoms with Gasteiger partial charge >= 0.3 is 0 Å². The van der Waals surface area contributed by atoms with Crippen molar-refractivity contribution in [1.29, 1.82) is 0 Å². The van der Waals surface area contributed by atoms with Crippen LogP contribution in [0.5, 0.6) is 11.5 Å². The summed E-state index contributed by atoms with van der Waals surface area (Å²) in [7, 11) is 3.86. The quantitative estimate of drug-likeness (QED) is 0.855. The summed E-state index contributed by atoms with van der Waals surface area (Å²) in [6, 6.07) is 6.04. The number of hydrogen-bond acceptors (Lipinski definition) is 4. The fourth-order valence-electron chi connectivity index (χ4n) is 3.43. The van der Waals surface area contributed by atoms with Gasteiger partial charge in [-0.3, -0.25) is 0 Å². The van der Waals surface area contributed by atoms with E-state index < -0.39 is 0 Å². The number of benzene rings is 1. The van der Waals surface area contributed by atoms with Crippen molar-refractivity contribution in [2.45, 2.75) is 37.3 Å². The molecule has 3 rings (SSSR count). The minimum Gasteiger partial charge on any atom is -0.497 e. The molecule has 20 heavy (non-hydrogen) atoms. The Labute approximate surface area is 120 Å². The zero-order valence-corrected chi connectivity index (χ0v) is 12.4. The molecule has 1 saturated heterocycles. The molecule has 1 unspecified atom stereocenters. The summed E-state index contributed by atoms with van der Waals surface area (Å²) in [5, 5.41) is 0. The first-order chi connectivity index (χ1) is 9.62. The second-order valence-electron chi connectivity index (χ2n) is 6.16. The van der Waals surface area contributed by atoms with E-state index in [9.17, 15) is 0 Å². The summed E-state index contributed by atoms with van der Waals surface area (Å²) in [5.74, 6) is 1.74. The van der Waals surface area contributed by atoms with Gasteiger partial charge in [0.1, 0.15) is 17.1 Å². The summed E-state index contributed by atoms with van der Waals surface area (Å²) < 4.78 is 11.7. The molecular weight excluding hydrogens is 252 g/mol. The fourth-order valence-corrected chi connectivity index (χ4v) is 3.43. The highest BCUT2D eigenvalue weighted by atomic mass is 16.5. The Bertz CT molecular complexity index is 491. The molecule has 0 saturated carbocycles. The molecule has 0 radical (unpaired) electrons. The van der Waals surface area contributed by atoms with Crippen molar-refractivity contribution in [2.75, 3.05) is 27.2 Å². The smallest absolute Gasteiger partial charge is 0.128 e. The zero-order chi connectivity index (χ0) is 14.2. The molecule has 0 aromatic heterocycles. The molecule has 2 atom stereocenters. The van der Waals surface area contributed by atoms with Crippen LogP contribution in [0, 0.1) is 0 Å². The molecule has 2 N–H and O–H groups in total. The SMILES string of the molecule is COc1ccc2c(c1)OC1(CCCN(C)CC1)C[C@@H]2N. The predicted molar refractivity (Wildman–Crippen MR) is 79.2 cm³/mol. The molecule has 2 aliphatic heterocycles. The second kappa shape index (κ2) is 5.26. The Balaban J connectivity index is 1.90. The van der Waals surface area contributed by atoms with Crippen LogP contribution in [-0.4, -0.2) is 37.7 Å². The maximum absolute atomic E-state index is 6.41. The topological polar surface area (TPSA) is 47.7 Å². The van der Waals surface area contributed by atoms with Crippen LogP contribution in [0.25, 0.3) is 0 Å². The molecule has 0 amide bonds. The van der Waals surface area contributed by atoms with E-state index in [4.69, 9.17) is 15.2 Å². The van der Waals surface area contributed by atoms with Crippen LogP contribution in [0.4, 0.5) is 0 Å². The summed E-state index contributed by atoms with van der Waals surface area (Å²) >= 11 is 0. The number of hydrogen-bond donors (Lipinski definition) is 1. The number of nitrogens with zero attached hydrogens (tertiary/aromatic N) is 1. The molecule has 1 aromatic carbocycles. The monoisotopic (exact) mass is 276 g/mol. The van der Waals surface area contributed by atoms with Crippen LogP contribution < -0.4 is 15.2 Å². The van der Waals surface area contributed by atoms with Gasteiger partial charge in [-0.05, 0) is 38.9 Å². The van der Waals surface area contributed by atoms with Gasteiger partial charge in [-0.25, -0.2) is 0 Å². The number of likely N-dealkylation sites (tertiary alicyclic amines) is 1. The normalized spacial score (nSPS) is 30.4. The Hall–Kier alpha value is -1.26. The standard InChI is InChI=1S/C16H24N2O2/c1-18-8-3-6-16(7-9-18)11-14(17)13-5-4-12(19-2)10-15(13)20-16/h4-5,10,14H,3,6-9,11,17H2,1-2H3/t14-,16?/m0/s1. The van der Waals surface area contributed by atoms with Crippen molar-refractivity contribution >= 4 is 0 Å². The first kappa shape index (κ1) is 13.7. The van der Waals surface area contributed by atoms with E-state index >= 15 is 0 Å². The first-order valence-corrected chi connectivity index (χ1v) is 7.43. The third kappa shape index (κ3) is 2.50. The van der Waals surface area contributed by atoms with E-state index in [0.29, 0.717) is 0 Å². The third-order valence-electron chi connectivity index (χ3n) is 4.66. The number of fused-ring (bicyclic) bond motifs is 1. The molecule has 0 aliphatic carbocycles. The van der Waals surface area contributed by atoms with Crippen molar-refractivity contribution in [3.63, 3.8) is 0 Å². The van der Waals surface area contributed by atoms with Crippen molar-refractivity contribution in [3.05, 3.63) is 23.8 Å². The van der Waals surface area contributed by atoms with Crippen molar-refractivity contribution < 1.29 is 9.47 Å². The molecule has 4 heteroatoms. The summed E-state index contributed by atoms with van der Waals surface area (Å²) in [5.41, 5.74) is 7.41. The zero-order valence-electron chi connectivity index (χ0n) is 12.4. The van der Waals surface area contributed by atoms with Crippen LogP contribution in [0.15, 0.2) is 18.2 Å². The number of rotatable bonds is 1. The van der Waals surface area contributed by atoms with Gasteiger partial charge in [-0.15, -0.1) is 0 Å². The van der Waals surface area contributed by atoms with E-state index in [1.807, 2.05) is 18.2 Å². The Morgan fingerprint density at radius 3 is 3.00 bits per heavy atom. The summed E-state index contributed by atoms with van der Waals surface area (Å²) in [4.78, 5) is 2.38. The van der Waals surface area contributed by atoms with Crippen LogP contribution in [0.2, 0.25) is 0 Å². The van der Waals surface area contributed by atoms with E-state index in [1.54, 1.807) is 7.11 Å². The van der Waals surface area contributed by atoms with Crippen LogP contribution >= 0.6 is 0 Å². The van der Waals surface area contributed by atoms with Crippen LogP contribution in [0.3, 0.4) is 0 Å². The Morgan fingerprint density at radius 2 is 2.20 bits per heavy atom. The number of ether oxygens (including phenoxy) is 2. The third-order valence-corrected chi connectivity index (χ3v) is 4.66. The van der Waals surface area contributed by atoms with E-state index in [1.165, 1.54) is 6.42 Å². The first-order valence-electron chi connectivity index (χ1n) is 7.43. The maximum Gasteiger partial charge on any atom is 0.128 e. The Morgan fingerprint density at radius 1 is 1.35 bits per heavy atom. The van der Waals surface area contributed by atoms with Gasteiger partial charge < -0.3 is 20.1 Å². The lowest BCUT2D eigenvalue weighted by atomic mass is 9.82. The highest BCUT2D eigenvalue weighted by Crippen LogP contribution is 2.44. The lowest BCUT2D eigenvalue weighted by Gasteiger charge is -2.41. The molecule has 0 bridgehead atoms. The van der Waals surface area contributed by atoms with Crippen molar-refractivity contribution in [2.24, 2.45) is 5.73 Å². The fraction of sp³-hybridized carbons (Fsp3) is 0.625. The maximum atomic E-state index is 6.41. The lowest BCUT2D eigenvalue weighted by molar-refractivity contribution is 0.0221. The van der Waals surface area contributed by atoms with Crippen LogP contribution in [0.1, 0.15) is 37.3 Å². The van der Waals surface area contributed by atoms with E-state index in [-0.39, 0.29) is 11.6 Å². The number of methoxy groups -OCH3 is 1. The largest absolute Gasteiger partial charge is 0.497 e. The van der Waals surface area contributed by atoms with Gasteiger partial charge in [0.25, 0.3) is 0 Å². The molecule has 1 fully saturated rings. The number of nitrogens with two attached hydrogens (primary N) is 1. The van der Waals surface area contributed by atoms with Gasteiger partial charge in [0.15, 0.2) is 0 Å². The van der Waals surface area contributed by atoms with E-state index in [2.05, 4.69) is 11.9 Å². The van der Waals surface area contributed by atoms with Gasteiger partial charge in [-0.2, -0.15) is 0 Å². The van der Waals surface area contributed by atoms with Crippen LogP contribution in [-0.2, 0) is 0 Å². The van der Waals surface area contributed by atoms with E-state index in [0.717, 1.165) is 49.4 Å². The highest BCUT2D eigenvalue weighted by Gasteiger charge is 2.40. The lowest BCUT2D eigenvalue weighted by Crippen LogP contribution is -2.43. The molecule has 4 nitrogen and oxygen atoms in total. The van der Waals surface area contributed by atoms with Crippen molar-refractivity contribution in [3.8, 4) is 11.5 Å². The minimum absolute atomic E-state index is 0.0630. The molecule has 110 valence electrons. The molecule has 1 aromatic rings. The molecule has 1 spiro atoms.